The van der Waals surface area contributed by atoms with Crippen LogP contribution >= 0.6 is 11.6 Å². The number of pyridine rings is 1. The number of hydrogen-bond donors (Lipinski definition) is 2. The first kappa shape index (κ1) is 34.4. The second-order valence-electron chi connectivity index (χ2n) is 14.5. The van der Waals surface area contributed by atoms with Crippen LogP contribution in [0.2, 0.25) is 5.02 Å². The molecule has 1 spiro atoms. The number of ether oxygens (including phenoxy) is 2. The maximum absolute atomic E-state index is 16.5. The van der Waals surface area contributed by atoms with E-state index in [-0.39, 0.29) is 34.9 Å². The summed E-state index contributed by atoms with van der Waals surface area (Å²) in [6.07, 6.45) is 4.71. The number of amides is 2. The number of likely N-dealkylation sites (tertiary alicyclic amines) is 2. The minimum atomic E-state index is -0.470. The summed E-state index contributed by atoms with van der Waals surface area (Å²) in [6.45, 7) is 6.20. The number of rotatable bonds is 10. The molecule has 2 unspecified atom stereocenters. The maximum Gasteiger partial charge on any atom is 0.237 e. The van der Waals surface area contributed by atoms with Crippen LogP contribution in [0.15, 0.2) is 48.7 Å². The fourth-order valence-electron chi connectivity index (χ4n) is 8.30. The number of fused-ring (bicyclic) bond motifs is 1. The van der Waals surface area contributed by atoms with Gasteiger partial charge in [0.15, 0.2) is 0 Å². The van der Waals surface area contributed by atoms with E-state index >= 15 is 4.39 Å². The van der Waals surface area contributed by atoms with E-state index in [1.807, 2.05) is 23.1 Å². The normalized spacial score (nSPS) is 20.3. The van der Waals surface area contributed by atoms with Gasteiger partial charge in [0.2, 0.25) is 23.6 Å². The van der Waals surface area contributed by atoms with Gasteiger partial charge >= 0.3 is 0 Å². The van der Waals surface area contributed by atoms with Gasteiger partial charge in [0.25, 0.3) is 0 Å². The van der Waals surface area contributed by atoms with Crippen molar-refractivity contribution >= 4 is 23.4 Å². The SMILES string of the molecule is COc1nc(-c2cccc(-c3cccc(-c4cc5c(c(OC)n4)C(NCC4CCC(=O)N4)CC5)c3Cl)c2F)cnc1CN1CC2(C1)CN(C(C)=O)C2. The van der Waals surface area contributed by atoms with E-state index in [2.05, 4.69) is 25.5 Å². The summed E-state index contributed by atoms with van der Waals surface area (Å²) >= 11 is 7.09. The third kappa shape index (κ3) is 6.26. The average Bonchev–Trinajstić information content (AvgIpc) is 3.73. The summed E-state index contributed by atoms with van der Waals surface area (Å²) < 4.78 is 27.9. The van der Waals surface area contributed by atoms with Crippen LogP contribution in [0.4, 0.5) is 4.39 Å². The first-order valence-corrected chi connectivity index (χ1v) is 18.1. The number of nitrogens with one attached hydrogen (secondary N) is 2. The van der Waals surface area contributed by atoms with Gasteiger partial charge in [-0.2, -0.15) is 0 Å². The fraction of sp³-hybridized carbons (Fsp3) is 0.410. The molecule has 2 N–H and O–H groups in total. The highest BCUT2D eigenvalue weighted by Gasteiger charge is 2.52. The van der Waals surface area contributed by atoms with Gasteiger partial charge in [0.05, 0.1) is 36.8 Å². The molecular weight excluding hydrogens is 685 g/mol. The van der Waals surface area contributed by atoms with Crippen molar-refractivity contribution in [2.45, 2.75) is 51.2 Å². The summed E-state index contributed by atoms with van der Waals surface area (Å²) in [5, 5.41) is 7.00. The number of carbonyl (C=O) groups is 2. The molecule has 2 aromatic carbocycles. The van der Waals surface area contributed by atoms with Gasteiger partial charge < -0.3 is 25.0 Å². The topological polar surface area (TPSA) is 122 Å². The van der Waals surface area contributed by atoms with Gasteiger partial charge in [-0.3, -0.25) is 19.5 Å². The molecule has 8 rings (SSSR count). The first-order valence-electron chi connectivity index (χ1n) is 17.7. The lowest BCUT2D eigenvalue weighted by molar-refractivity contribution is -0.157. The van der Waals surface area contributed by atoms with Crippen LogP contribution in [0.5, 0.6) is 11.8 Å². The number of aryl methyl sites for hydroxylation is 1. The van der Waals surface area contributed by atoms with Gasteiger partial charge in [0.1, 0.15) is 11.5 Å². The highest BCUT2D eigenvalue weighted by molar-refractivity contribution is 6.36. The van der Waals surface area contributed by atoms with E-state index in [1.165, 1.54) is 0 Å². The molecular formula is C39H41ClFN7O4. The summed E-state index contributed by atoms with van der Waals surface area (Å²) in [6, 6.07) is 12.9. The van der Waals surface area contributed by atoms with Crippen LogP contribution in [0, 0.1) is 11.2 Å². The van der Waals surface area contributed by atoms with E-state index in [0.717, 1.165) is 56.6 Å². The van der Waals surface area contributed by atoms with Crippen LogP contribution in [-0.2, 0) is 22.6 Å². The standard InChI is InChI=1S/C39H41ClFN7O4/c1-22(49)48-20-39(21-48)18-47(19-39)17-32-37(51-2)46-31(16-43-32)28-9-5-7-26(36(28)41)25-6-4-8-27(35(25)40)30-14-23-10-12-29(34(23)38(45-30)52-3)42-15-24-11-13-33(50)44-24/h4-9,14,16,24,29,42H,10-13,15,17-21H2,1-3H3,(H,44,50). The molecule has 270 valence electrons. The number of carbonyl (C=O) groups excluding carboxylic acids is 2. The van der Waals surface area contributed by atoms with E-state index in [4.69, 9.17) is 26.1 Å². The van der Waals surface area contributed by atoms with E-state index in [9.17, 15) is 9.59 Å². The van der Waals surface area contributed by atoms with Gasteiger partial charge in [-0.15, -0.1) is 0 Å². The Labute approximate surface area is 306 Å². The summed E-state index contributed by atoms with van der Waals surface area (Å²) in [7, 11) is 3.15. The number of aromatic nitrogens is 3. The zero-order valence-electron chi connectivity index (χ0n) is 29.5. The average molecular weight is 726 g/mol. The molecule has 2 aromatic heterocycles. The third-order valence-electron chi connectivity index (χ3n) is 10.9. The lowest BCUT2D eigenvalue weighted by Crippen LogP contribution is -2.72. The Morgan fingerprint density at radius 1 is 0.981 bits per heavy atom. The van der Waals surface area contributed by atoms with E-state index in [0.29, 0.717) is 70.1 Å². The summed E-state index contributed by atoms with van der Waals surface area (Å²) in [4.78, 5) is 41.6. The monoisotopic (exact) mass is 725 g/mol. The van der Waals surface area contributed by atoms with Crippen molar-refractivity contribution in [1.29, 1.82) is 0 Å². The molecule has 2 amide bonds. The van der Waals surface area contributed by atoms with Crippen LogP contribution < -0.4 is 20.1 Å². The zero-order valence-corrected chi connectivity index (χ0v) is 30.2. The van der Waals surface area contributed by atoms with Crippen LogP contribution in [-0.4, -0.2) is 89.6 Å². The van der Waals surface area contributed by atoms with Crippen LogP contribution in [0.25, 0.3) is 33.6 Å². The number of benzene rings is 2. The fourth-order valence-corrected chi connectivity index (χ4v) is 8.63. The molecule has 3 saturated heterocycles. The maximum atomic E-state index is 16.5. The van der Waals surface area contributed by atoms with Crippen LogP contribution in [0.3, 0.4) is 0 Å². The molecule has 1 aliphatic carbocycles. The Hall–Kier alpha value is -4.65. The van der Waals surface area contributed by atoms with Gasteiger partial charge in [-0.25, -0.2) is 14.4 Å². The Morgan fingerprint density at radius 3 is 2.40 bits per heavy atom. The molecule has 4 aromatic rings. The molecule has 0 bridgehead atoms. The molecule has 3 aliphatic heterocycles. The van der Waals surface area contributed by atoms with E-state index in [1.54, 1.807) is 51.6 Å². The molecule has 2 atom stereocenters. The number of nitrogens with zero attached hydrogens (tertiary/aromatic N) is 5. The molecule has 0 saturated carbocycles. The minimum absolute atomic E-state index is 0.0636. The first-order chi connectivity index (χ1) is 25.1. The Balaban J connectivity index is 1.02. The number of methoxy groups -OCH3 is 2. The van der Waals surface area contributed by atoms with Gasteiger partial charge in [-0.05, 0) is 37.0 Å². The smallest absolute Gasteiger partial charge is 0.237 e. The summed E-state index contributed by atoms with van der Waals surface area (Å²) in [5.74, 6) is 0.622. The second kappa shape index (κ2) is 13.7. The van der Waals surface area contributed by atoms with Crippen molar-refractivity contribution in [2.75, 3.05) is 46.9 Å². The predicted molar refractivity (Wildman–Crippen MR) is 194 cm³/mol. The molecule has 13 heteroatoms. The molecule has 5 heterocycles. The van der Waals surface area contributed by atoms with Gasteiger partial charge in [0, 0.05) is 97.9 Å². The van der Waals surface area contributed by atoms with Crippen molar-refractivity contribution in [3.8, 4) is 45.4 Å². The Bertz CT molecular complexity index is 2060. The van der Waals surface area contributed by atoms with Crippen molar-refractivity contribution in [2.24, 2.45) is 5.41 Å². The number of hydrogen-bond acceptors (Lipinski definition) is 9. The van der Waals surface area contributed by atoms with Gasteiger partial charge in [-0.1, -0.05) is 41.9 Å². The number of halogens is 2. The third-order valence-corrected chi connectivity index (χ3v) is 11.3. The largest absolute Gasteiger partial charge is 0.481 e. The molecule has 11 nitrogen and oxygen atoms in total. The minimum Gasteiger partial charge on any atom is -0.481 e. The summed E-state index contributed by atoms with van der Waals surface area (Å²) in [5.41, 5.74) is 5.82. The van der Waals surface area contributed by atoms with E-state index < -0.39 is 5.82 Å². The highest BCUT2D eigenvalue weighted by Crippen LogP contribution is 2.44. The quantitative estimate of drug-likeness (QED) is 0.227. The van der Waals surface area contributed by atoms with Crippen molar-refractivity contribution in [1.82, 2.24) is 35.4 Å². The van der Waals surface area contributed by atoms with Crippen molar-refractivity contribution in [3.05, 3.63) is 76.3 Å². The highest BCUT2D eigenvalue weighted by atomic mass is 35.5. The lowest BCUT2D eigenvalue weighted by atomic mass is 9.73. The Morgan fingerprint density at radius 2 is 1.69 bits per heavy atom. The lowest BCUT2D eigenvalue weighted by Gasteiger charge is -2.60. The molecule has 4 aliphatic rings. The molecule has 52 heavy (non-hydrogen) atoms. The zero-order chi connectivity index (χ0) is 36.1. The van der Waals surface area contributed by atoms with Crippen LogP contribution in [0.1, 0.15) is 49.0 Å². The Kier molecular flexibility index (Phi) is 9.09. The van der Waals surface area contributed by atoms with Crippen molar-refractivity contribution < 1.29 is 23.5 Å². The molecule has 0 radical (unpaired) electrons. The second-order valence-corrected chi connectivity index (χ2v) is 14.8. The van der Waals surface area contributed by atoms with Crippen molar-refractivity contribution in [3.63, 3.8) is 0 Å². The predicted octanol–water partition coefficient (Wildman–Crippen LogP) is 5.20. The molecule has 3 fully saturated rings.